The van der Waals surface area contributed by atoms with Crippen LogP contribution in [-0.4, -0.2) is 48.0 Å². The molecule has 2 unspecified atom stereocenters. The third kappa shape index (κ3) is 4.63. The highest BCUT2D eigenvalue weighted by Crippen LogP contribution is 2.20. The van der Waals surface area contributed by atoms with Gasteiger partial charge in [0.1, 0.15) is 0 Å². The van der Waals surface area contributed by atoms with Crippen LogP contribution in [0.15, 0.2) is 0 Å². The molecule has 2 heterocycles. The van der Waals surface area contributed by atoms with Crippen molar-refractivity contribution in [3.05, 3.63) is 0 Å². The number of nitrogens with one attached hydrogen (secondary N) is 1. The van der Waals surface area contributed by atoms with E-state index in [9.17, 15) is 4.79 Å². The molecule has 2 aliphatic heterocycles. The van der Waals surface area contributed by atoms with Gasteiger partial charge in [0.2, 0.25) is 5.91 Å². The van der Waals surface area contributed by atoms with Gasteiger partial charge >= 0.3 is 0 Å². The molecule has 1 N–H and O–H groups in total. The van der Waals surface area contributed by atoms with Crippen molar-refractivity contribution >= 4 is 30.1 Å². The Morgan fingerprint density at radius 2 is 2.33 bits per heavy atom. The van der Waals surface area contributed by atoms with Crippen LogP contribution in [0.3, 0.4) is 0 Å². The van der Waals surface area contributed by atoms with Crippen molar-refractivity contribution in [2.24, 2.45) is 5.92 Å². The van der Waals surface area contributed by atoms with E-state index in [1.807, 2.05) is 11.8 Å². The van der Waals surface area contributed by atoms with Crippen molar-refractivity contribution < 1.29 is 4.79 Å². The zero-order valence-corrected chi connectivity index (χ0v) is 12.8. The number of hydrogen-bond acceptors (Lipinski definition) is 3. The Labute approximate surface area is 121 Å². The van der Waals surface area contributed by atoms with Crippen LogP contribution in [0.4, 0.5) is 0 Å². The first-order chi connectivity index (χ1) is 8.29. The fourth-order valence-corrected chi connectivity index (χ4v) is 3.66. The van der Waals surface area contributed by atoms with Crippen LogP contribution in [0.2, 0.25) is 0 Å². The van der Waals surface area contributed by atoms with Gasteiger partial charge in [-0.25, -0.2) is 0 Å². The summed E-state index contributed by atoms with van der Waals surface area (Å²) < 4.78 is 0. The van der Waals surface area contributed by atoms with Crippen molar-refractivity contribution in [1.82, 2.24) is 10.2 Å². The number of nitrogens with zero attached hydrogens (tertiary/aromatic N) is 1. The normalized spacial score (nSPS) is 28.6. The minimum Gasteiger partial charge on any atom is -0.342 e. The average Bonchev–Trinajstić information content (AvgIpc) is 2.40. The summed E-state index contributed by atoms with van der Waals surface area (Å²) in [5.41, 5.74) is 0. The van der Waals surface area contributed by atoms with Crippen molar-refractivity contribution in [2.75, 3.05) is 31.1 Å². The van der Waals surface area contributed by atoms with Crippen LogP contribution in [0.25, 0.3) is 0 Å². The molecule has 0 aromatic heterocycles. The molecule has 2 rings (SSSR count). The zero-order valence-electron chi connectivity index (χ0n) is 11.2. The molecule has 3 nitrogen and oxygen atoms in total. The van der Waals surface area contributed by atoms with Gasteiger partial charge < -0.3 is 10.2 Å². The molecular weight excluding hydrogens is 268 g/mol. The molecule has 0 spiro atoms. The molecule has 0 aromatic rings. The lowest BCUT2D eigenvalue weighted by molar-refractivity contribution is -0.133. The van der Waals surface area contributed by atoms with E-state index in [1.54, 1.807) is 0 Å². The number of piperidine rings is 1. The molecule has 0 saturated carbocycles. The summed E-state index contributed by atoms with van der Waals surface area (Å²) in [6.07, 6.45) is 4.40. The van der Waals surface area contributed by atoms with E-state index in [4.69, 9.17) is 0 Å². The SMILES string of the molecule is CCC1CCCN(C(=O)CC2CSCCN2)C1.Cl. The monoisotopic (exact) mass is 292 g/mol. The van der Waals surface area contributed by atoms with E-state index in [0.717, 1.165) is 31.3 Å². The summed E-state index contributed by atoms with van der Waals surface area (Å²) >= 11 is 1.96. The number of amides is 1. The second-order valence-electron chi connectivity index (χ2n) is 5.19. The van der Waals surface area contributed by atoms with Crippen molar-refractivity contribution in [3.8, 4) is 0 Å². The van der Waals surface area contributed by atoms with Crippen molar-refractivity contribution in [1.29, 1.82) is 0 Å². The second-order valence-corrected chi connectivity index (χ2v) is 6.34. The average molecular weight is 293 g/mol. The molecule has 0 radical (unpaired) electrons. The predicted octanol–water partition coefficient (Wildman–Crippen LogP) is 2.15. The fourth-order valence-electron chi connectivity index (χ4n) is 2.72. The highest BCUT2D eigenvalue weighted by Gasteiger charge is 2.25. The number of carbonyl (C=O) groups excluding carboxylic acids is 1. The van der Waals surface area contributed by atoms with Crippen LogP contribution < -0.4 is 5.32 Å². The largest absolute Gasteiger partial charge is 0.342 e. The lowest BCUT2D eigenvalue weighted by Crippen LogP contribution is -2.45. The highest BCUT2D eigenvalue weighted by molar-refractivity contribution is 7.99. The lowest BCUT2D eigenvalue weighted by Gasteiger charge is -2.34. The van der Waals surface area contributed by atoms with E-state index in [1.165, 1.54) is 25.0 Å². The first-order valence-corrected chi connectivity index (χ1v) is 8.04. The summed E-state index contributed by atoms with van der Waals surface area (Å²) in [7, 11) is 0. The molecule has 2 saturated heterocycles. The summed E-state index contributed by atoms with van der Waals surface area (Å²) in [5.74, 6) is 3.38. The van der Waals surface area contributed by atoms with E-state index in [0.29, 0.717) is 18.4 Å². The van der Waals surface area contributed by atoms with Gasteiger partial charge in [0.05, 0.1) is 0 Å². The molecular formula is C13H25ClN2OS. The summed E-state index contributed by atoms with van der Waals surface area (Å²) in [4.78, 5) is 14.3. The third-order valence-corrected chi connectivity index (χ3v) is 5.00. The Balaban J connectivity index is 0.00000162. The van der Waals surface area contributed by atoms with Gasteiger partial charge in [0.25, 0.3) is 0 Å². The van der Waals surface area contributed by atoms with Crippen molar-refractivity contribution in [3.63, 3.8) is 0 Å². The summed E-state index contributed by atoms with van der Waals surface area (Å²) in [6.45, 7) is 5.27. The number of rotatable bonds is 3. The minimum atomic E-state index is 0. The Morgan fingerprint density at radius 1 is 1.50 bits per heavy atom. The van der Waals surface area contributed by atoms with E-state index in [-0.39, 0.29) is 12.4 Å². The van der Waals surface area contributed by atoms with Gasteiger partial charge in [-0.05, 0) is 18.8 Å². The van der Waals surface area contributed by atoms with Crippen LogP contribution in [0.1, 0.15) is 32.6 Å². The topological polar surface area (TPSA) is 32.3 Å². The zero-order chi connectivity index (χ0) is 12.1. The minimum absolute atomic E-state index is 0. The fraction of sp³-hybridized carbons (Fsp3) is 0.923. The Kier molecular flexibility index (Phi) is 7.42. The van der Waals surface area contributed by atoms with E-state index >= 15 is 0 Å². The Morgan fingerprint density at radius 3 is 3.00 bits per heavy atom. The first kappa shape index (κ1) is 16.1. The molecule has 1 amide bonds. The molecule has 106 valence electrons. The predicted molar refractivity (Wildman–Crippen MR) is 80.6 cm³/mol. The molecule has 2 atom stereocenters. The Bertz CT molecular complexity index is 259. The highest BCUT2D eigenvalue weighted by atomic mass is 35.5. The maximum absolute atomic E-state index is 12.2. The summed E-state index contributed by atoms with van der Waals surface area (Å²) in [5, 5.41) is 3.45. The molecule has 2 fully saturated rings. The number of likely N-dealkylation sites (tertiary alicyclic amines) is 1. The summed E-state index contributed by atoms with van der Waals surface area (Å²) in [6, 6.07) is 0.406. The molecule has 0 bridgehead atoms. The van der Waals surface area contributed by atoms with Gasteiger partial charge in [-0.2, -0.15) is 11.8 Å². The van der Waals surface area contributed by atoms with Gasteiger partial charge in [-0.1, -0.05) is 13.3 Å². The van der Waals surface area contributed by atoms with Gasteiger partial charge in [-0.3, -0.25) is 4.79 Å². The number of halogens is 1. The van der Waals surface area contributed by atoms with Crippen LogP contribution in [0.5, 0.6) is 0 Å². The maximum Gasteiger partial charge on any atom is 0.224 e. The first-order valence-electron chi connectivity index (χ1n) is 6.88. The van der Waals surface area contributed by atoms with Crippen LogP contribution in [0, 0.1) is 5.92 Å². The molecule has 5 heteroatoms. The molecule has 0 aliphatic carbocycles. The molecule has 18 heavy (non-hydrogen) atoms. The smallest absolute Gasteiger partial charge is 0.224 e. The van der Waals surface area contributed by atoms with Gasteiger partial charge in [0, 0.05) is 43.6 Å². The maximum atomic E-state index is 12.2. The van der Waals surface area contributed by atoms with Gasteiger partial charge in [-0.15, -0.1) is 12.4 Å². The number of carbonyl (C=O) groups is 1. The van der Waals surface area contributed by atoms with E-state index in [2.05, 4.69) is 17.1 Å². The third-order valence-electron chi connectivity index (χ3n) is 3.87. The van der Waals surface area contributed by atoms with Crippen LogP contribution >= 0.6 is 24.2 Å². The van der Waals surface area contributed by atoms with E-state index < -0.39 is 0 Å². The quantitative estimate of drug-likeness (QED) is 0.865. The van der Waals surface area contributed by atoms with Gasteiger partial charge in [0.15, 0.2) is 0 Å². The van der Waals surface area contributed by atoms with Crippen molar-refractivity contribution in [2.45, 2.75) is 38.6 Å². The number of hydrogen-bond donors (Lipinski definition) is 1. The second kappa shape index (κ2) is 8.28. The molecule has 0 aromatic carbocycles. The molecule has 2 aliphatic rings. The standard InChI is InChI=1S/C13H24N2OS.ClH/c1-2-11-4-3-6-15(9-11)13(16)8-12-10-17-7-5-14-12;/h11-12,14H,2-10H2,1H3;1H. The Hall–Kier alpha value is 0.0700. The van der Waals surface area contributed by atoms with Crippen LogP contribution in [-0.2, 0) is 4.79 Å². The number of thioether (sulfide) groups is 1. The lowest BCUT2D eigenvalue weighted by atomic mass is 9.95.